The molecule has 3 rings (SSSR count). The van der Waals surface area contributed by atoms with Crippen molar-refractivity contribution in [2.45, 2.75) is 38.5 Å². The normalized spacial score (nSPS) is 17.3. The second-order valence-corrected chi connectivity index (χ2v) is 10.0. The number of fused-ring (bicyclic) bond motifs is 1. The van der Waals surface area contributed by atoms with Crippen molar-refractivity contribution in [1.82, 2.24) is 10.6 Å². The standard InChI is InChI=1S/C20H22ClF2N3O4S/c1-20(2)9-16(12-5-6-13(22)17(21)18(12)30-20)25-19(27)24-10-11-4-7-15(14(23)8-11)26-31(3,28)29/h4-8,16,26H,9-10H2,1-3H3,(H2,24,25,27)/t16-/m1/s1. The smallest absolute Gasteiger partial charge is 0.315 e. The first-order chi connectivity index (χ1) is 14.3. The van der Waals surface area contributed by atoms with Crippen LogP contribution in [0.3, 0.4) is 0 Å². The van der Waals surface area contributed by atoms with Crippen molar-refractivity contribution in [1.29, 1.82) is 0 Å². The van der Waals surface area contributed by atoms with Gasteiger partial charge < -0.3 is 15.4 Å². The second kappa shape index (κ2) is 8.51. The molecule has 0 aromatic heterocycles. The fourth-order valence-electron chi connectivity index (χ4n) is 3.32. The zero-order valence-electron chi connectivity index (χ0n) is 17.1. The van der Waals surface area contributed by atoms with Crippen LogP contribution in [-0.2, 0) is 16.6 Å². The van der Waals surface area contributed by atoms with E-state index >= 15 is 0 Å². The molecule has 0 bridgehead atoms. The number of nitrogens with one attached hydrogen (secondary N) is 3. The van der Waals surface area contributed by atoms with Crippen molar-refractivity contribution < 1.29 is 26.7 Å². The Hall–Kier alpha value is -2.59. The van der Waals surface area contributed by atoms with Gasteiger partial charge in [-0.25, -0.2) is 22.0 Å². The minimum absolute atomic E-state index is 0.00551. The molecule has 0 spiro atoms. The van der Waals surface area contributed by atoms with Crippen LogP contribution in [0.5, 0.6) is 5.75 Å². The van der Waals surface area contributed by atoms with E-state index in [4.69, 9.17) is 16.3 Å². The summed E-state index contributed by atoms with van der Waals surface area (Å²) < 4.78 is 58.2. The van der Waals surface area contributed by atoms with Crippen molar-refractivity contribution in [2.24, 2.45) is 0 Å². The molecule has 31 heavy (non-hydrogen) atoms. The first-order valence-corrected chi connectivity index (χ1v) is 11.6. The highest BCUT2D eigenvalue weighted by Crippen LogP contribution is 2.44. The summed E-state index contributed by atoms with van der Waals surface area (Å²) in [7, 11) is -3.61. The summed E-state index contributed by atoms with van der Waals surface area (Å²) in [4.78, 5) is 12.4. The maximum Gasteiger partial charge on any atom is 0.315 e. The Kier molecular flexibility index (Phi) is 6.33. The number of rotatable bonds is 5. The van der Waals surface area contributed by atoms with Crippen LogP contribution >= 0.6 is 11.6 Å². The molecule has 1 aliphatic heterocycles. The van der Waals surface area contributed by atoms with E-state index in [9.17, 15) is 22.0 Å². The lowest BCUT2D eigenvalue weighted by molar-refractivity contribution is 0.0675. The fourth-order valence-corrected chi connectivity index (χ4v) is 4.09. The third-order valence-corrected chi connectivity index (χ3v) is 5.56. The van der Waals surface area contributed by atoms with Crippen molar-refractivity contribution in [2.75, 3.05) is 11.0 Å². The number of halogens is 3. The van der Waals surface area contributed by atoms with E-state index in [2.05, 4.69) is 15.4 Å². The minimum Gasteiger partial charge on any atom is -0.486 e. The van der Waals surface area contributed by atoms with Gasteiger partial charge in [-0.3, -0.25) is 4.72 Å². The number of benzene rings is 2. The maximum atomic E-state index is 14.1. The van der Waals surface area contributed by atoms with Crippen molar-refractivity contribution in [3.63, 3.8) is 0 Å². The minimum atomic E-state index is -3.61. The Morgan fingerprint density at radius 1 is 1.23 bits per heavy atom. The number of ether oxygens (including phenoxy) is 1. The molecule has 1 atom stereocenters. The van der Waals surface area contributed by atoms with Crippen LogP contribution in [0, 0.1) is 11.6 Å². The van der Waals surface area contributed by atoms with Crippen LogP contribution in [-0.4, -0.2) is 26.3 Å². The van der Waals surface area contributed by atoms with Gasteiger partial charge in [0, 0.05) is 18.5 Å². The number of amides is 2. The average Bonchev–Trinajstić information content (AvgIpc) is 2.64. The molecule has 0 aliphatic carbocycles. The van der Waals surface area contributed by atoms with E-state index in [0.29, 0.717) is 17.5 Å². The molecule has 2 aromatic rings. The lowest BCUT2D eigenvalue weighted by Gasteiger charge is -2.38. The van der Waals surface area contributed by atoms with Gasteiger partial charge in [0.2, 0.25) is 10.0 Å². The van der Waals surface area contributed by atoms with Gasteiger partial charge in [-0.1, -0.05) is 23.7 Å². The van der Waals surface area contributed by atoms with E-state index < -0.39 is 39.3 Å². The number of hydrogen-bond acceptors (Lipinski definition) is 4. The fraction of sp³-hybridized carbons (Fsp3) is 0.350. The second-order valence-electron chi connectivity index (χ2n) is 7.91. The van der Waals surface area contributed by atoms with Gasteiger partial charge >= 0.3 is 6.03 Å². The van der Waals surface area contributed by atoms with Gasteiger partial charge in [0.15, 0.2) is 0 Å². The van der Waals surface area contributed by atoms with Gasteiger partial charge in [-0.2, -0.15) is 0 Å². The van der Waals surface area contributed by atoms with E-state index in [0.717, 1.165) is 12.3 Å². The van der Waals surface area contributed by atoms with Crippen LogP contribution in [0.25, 0.3) is 0 Å². The highest BCUT2D eigenvalue weighted by atomic mass is 35.5. The Morgan fingerprint density at radius 2 is 1.94 bits per heavy atom. The predicted molar refractivity (Wildman–Crippen MR) is 114 cm³/mol. The molecule has 0 saturated heterocycles. The summed E-state index contributed by atoms with van der Waals surface area (Å²) >= 11 is 6.04. The summed E-state index contributed by atoms with van der Waals surface area (Å²) in [5, 5.41) is 5.29. The Morgan fingerprint density at radius 3 is 2.58 bits per heavy atom. The number of anilines is 1. The SMILES string of the molecule is CC1(C)C[C@@H](NC(=O)NCc2ccc(NS(C)(=O)=O)c(F)c2)c2ccc(F)c(Cl)c2O1. The maximum absolute atomic E-state index is 14.1. The Labute approximate surface area is 184 Å². The highest BCUT2D eigenvalue weighted by Gasteiger charge is 2.36. The molecular weight excluding hydrogens is 452 g/mol. The van der Waals surface area contributed by atoms with E-state index in [1.54, 1.807) is 13.8 Å². The number of carbonyl (C=O) groups is 1. The molecule has 11 heteroatoms. The summed E-state index contributed by atoms with van der Waals surface area (Å²) in [5.74, 6) is -1.18. The average molecular weight is 474 g/mol. The van der Waals surface area contributed by atoms with Crippen molar-refractivity contribution >= 4 is 33.3 Å². The molecule has 2 amide bonds. The summed E-state index contributed by atoms with van der Waals surface area (Å²) in [6, 6.07) is 5.63. The summed E-state index contributed by atoms with van der Waals surface area (Å²) in [6.45, 7) is 3.61. The molecule has 7 nitrogen and oxygen atoms in total. The summed E-state index contributed by atoms with van der Waals surface area (Å²) in [5.41, 5.74) is 0.127. The first kappa shape index (κ1) is 23.1. The first-order valence-electron chi connectivity index (χ1n) is 9.32. The molecule has 0 unspecified atom stereocenters. The molecule has 1 heterocycles. The number of carbonyl (C=O) groups excluding carboxylic acids is 1. The molecule has 3 N–H and O–H groups in total. The van der Waals surface area contributed by atoms with Gasteiger partial charge in [0.25, 0.3) is 0 Å². The number of sulfonamides is 1. The molecule has 0 fully saturated rings. The van der Waals surface area contributed by atoms with E-state index in [-0.39, 0.29) is 23.0 Å². The van der Waals surface area contributed by atoms with Crippen LogP contribution in [0.1, 0.15) is 37.4 Å². The van der Waals surface area contributed by atoms with Crippen molar-refractivity contribution in [3.8, 4) is 5.75 Å². The van der Waals surface area contributed by atoms with Crippen LogP contribution in [0.4, 0.5) is 19.3 Å². The molecule has 1 aliphatic rings. The largest absolute Gasteiger partial charge is 0.486 e. The molecule has 0 saturated carbocycles. The number of urea groups is 1. The van der Waals surface area contributed by atoms with Crippen molar-refractivity contribution in [3.05, 3.63) is 58.1 Å². The Balaban J connectivity index is 1.68. The Bertz CT molecular complexity index is 1130. The monoisotopic (exact) mass is 473 g/mol. The molecule has 2 aromatic carbocycles. The van der Waals surface area contributed by atoms with E-state index in [1.807, 2.05) is 0 Å². The van der Waals surface area contributed by atoms with Gasteiger partial charge in [0.05, 0.1) is 18.0 Å². The molecule has 168 valence electrons. The van der Waals surface area contributed by atoms with Crippen LogP contribution < -0.4 is 20.1 Å². The van der Waals surface area contributed by atoms with E-state index in [1.165, 1.54) is 24.3 Å². The third kappa shape index (κ3) is 5.76. The number of hydrogen-bond donors (Lipinski definition) is 3. The van der Waals surface area contributed by atoms with Gasteiger partial charge in [0.1, 0.15) is 28.0 Å². The topological polar surface area (TPSA) is 96.5 Å². The zero-order valence-corrected chi connectivity index (χ0v) is 18.6. The third-order valence-electron chi connectivity index (χ3n) is 4.62. The van der Waals surface area contributed by atoms with Crippen LogP contribution in [0.2, 0.25) is 5.02 Å². The quantitative estimate of drug-likeness (QED) is 0.609. The molecular formula is C20H22ClF2N3O4S. The summed E-state index contributed by atoms with van der Waals surface area (Å²) in [6.07, 6.45) is 1.35. The zero-order chi connectivity index (χ0) is 23.0. The lowest BCUT2D eigenvalue weighted by atomic mass is 9.89. The van der Waals surface area contributed by atoms with Gasteiger partial charge in [-0.05, 0) is 37.6 Å². The predicted octanol–water partition coefficient (Wildman–Crippen LogP) is 4.09. The van der Waals surface area contributed by atoms with Crippen LogP contribution in [0.15, 0.2) is 30.3 Å². The molecule has 0 radical (unpaired) electrons. The lowest BCUT2D eigenvalue weighted by Crippen LogP contribution is -2.44. The highest BCUT2D eigenvalue weighted by molar-refractivity contribution is 7.92. The van der Waals surface area contributed by atoms with Gasteiger partial charge in [-0.15, -0.1) is 0 Å².